The lowest BCUT2D eigenvalue weighted by atomic mass is 10.0. The summed E-state index contributed by atoms with van der Waals surface area (Å²) in [5.41, 5.74) is 5.92. The van der Waals surface area contributed by atoms with E-state index in [4.69, 9.17) is 41.2 Å². The molecular weight excluding hydrogens is 299 g/mol. The highest BCUT2D eigenvalue weighted by molar-refractivity contribution is 7.80. The molecule has 0 aliphatic heterocycles. The van der Waals surface area contributed by atoms with Crippen molar-refractivity contribution in [1.29, 1.82) is 0 Å². The van der Waals surface area contributed by atoms with E-state index >= 15 is 0 Å². The summed E-state index contributed by atoms with van der Waals surface area (Å²) in [5.74, 6) is -0.200. The summed E-state index contributed by atoms with van der Waals surface area (Å²) in [6, 6.07) is 1.17. The van der Waals surface area contributed by atoms with Crippen LogP contribution in [0.25, 0.3) is 0 Å². The number of amides is 1. The molecule has 94 valence electrons. The Kier molecular flexibility index (Phi) is 5.19. The fourth-order valence-electron chi connectivity index (χ4n) is 1.28. The lowest BCUT2D eigenvalue weighted by Crippen LogP contribution is -2.46. The average molecular weight is 311 g/mol. The Bertz CT molecular complexity index is 446. The fourth-order valence-corrected chi connectivity index (χ4v) is 3.07. The Hall–Kier alpha value is -0.360. The molecule has 1 rings (SSSR count). The smallest absolute Gasteiger partial charge is 0.254 e. The van der Waals surface area contributed by atoms with E-state index in [1.54, 1.807) is 0 Å². The number of nitrogens with two attached hydrogens (primary N) is 1. The number of rotatable bonds is 4. The van der Waals surface area contributed by atoms with E-state index in [1.807, 2.05) is 13.8 Å². The molecule has 0 fully saturated rings. The highest BCUT2D eigenvalue weighted by Gasteiger charge is 2.22. The van der Waals surface area contributed by atoms with Crippen LogP contribution in [0.4, 0.5) is 0 Å². The highest BCUT2D eigenvalue weighted by atomic mass is 35.5. The van der Waals surface area contributed by atoms with Crippen molar-refractivity contribution in [3.05, 3.63) is 20.3 Å². The van der Waals surface area contributed by atoms with Crippen molar-refractivity contribution in [2.24, 2.45) is 11.7 Å². The van der Waals surface area contributed by atoms with Crippen LogP contribution >= 0.6 is 46.8 Å². The van der Waals surface area contributed by atoms with Gasteiger partial charge in [0.2, 0.25) is 0 Å². The van der Waals surface area contributed by atoms with Gasteiger partial charge in [-0.15, -0.1) is 11.3 Å². The monoisotopic (exact) mass is 310 g/mol. The molecule has 3 nitrogen and oxygen atoms in total. The van der Waals surface area contributed by atoms with Gasteiger partial charge in [0.05, 0.1) is 20.9 Å². The molecule has 0 saturated heterocycles. The third-order valence-electron chi connectivity index (χ3n) is 2.16. The predicted molar refractivity (Wildman–Crippen MR) is 77.2 cm³/mol. The largest absolute Gasteiger partial charge is 0.392 e. The Labute approximate surface area is 119 Å². The zero-order valence-corrected chi connectivity index (χ0v) is 12.4. The minimum absolute atomic E-state index is 0.115. The van der Waals surface area contributed by atoms with Crippen molar-refractivity contribution in [2.75, 3.05) is 0 Å². The summed E-state index contributed by atoms with van der Waals surface area (Å²) in [5, 5.41) is 2.74. The molecule has 0 aliphatic carbocycles. The van der Waals surface area contributed by atoms with E-state index < -0.39 is 0 Å². The summed E-state index contributed by atoms with van der Waals surface area (Å²) in [4.78, 5) is 12.2. The first kappa shape index (κ1) is 14.7. The van der Waals surface area contributed by atoms with Crippen molar-refractivity contribution in [3.63, 3.8) is 0 Å². The summed E-state index contributed by atoms with van der Waals surface area (Å²) in [6.07, 6.45) is 0. The van der Waals surface area contributed by atoms with Gasteiger partial charge in [-0.2, -0.15) is 0 Å². The quantitative estimate of drug-likeness (QED) is 0.840. The zero-order chi connectivity index (χ0) is 13.2. The molecule has 0 spiro atoms. The summed E-state index contributed by atoms with van der Waals surface area (Å²) in [7, 11) is 0. The first-order chi connectivity index (χ1) is 7.82. The van der Waals surface area contributed by atoms with Gasteiger partial charge in [0.15, 0.2) is 0 Å². The maximum atomic E-state index is 11.9. The van der Waals surface area contributed by atoms with Gasteiger partial charge in [0.25, 0.3) is 5.91 Å². The third-order valence-corrected chi connectivity index (χ3v) is 3.90. The van der Waals surface area contributed by atoms with Gasteiger partial charge in [-0.05, 0) is 12.0 Å². The Balaban J connectivity index is 2.85. The van der Waals surface area contributed by atoms with Crippen LogP contribution in [0.3, 0.4) is 0 Å². The Morgan fingerprint density at radius 1 is 1.53 bits per heavy atom. The molecule has 7 heteroatoms. The van der Waals surface area contributed by atoms with E-state index in [0.717, 1.165) is 11.3 Å². The first-order valence-corrected chi connectivity index (χ1v) is 6.86. The molecule has 0 aromatic carbocycles. The molecule has 1 aromatic rings. The molecule has 0 bridgehead atoms. The minimum atomic E-state index is -0.354. The maximum absolute atomic E-state index is 11.9. The van der Waals surface area contributed by atoms with Crippen molar-refractivity contribution >= 4 is 57.7 Å². The SMILES string of the molecule is CC(C)C(NC(=O)c1cc(Cl)sc1Cl)C(N)=S. The lowest BCUT2D eigenvalue weighted by Gasteiger charge is -2.20. The fraction of sp³-hybridized carbons (Fsp3) is 0.400. The molecule has 1 atom stereocenters. The average Bonchev–Trinajstić information content (AvgIpc) is 2.53. The third kappa shape index (κ3) is 3.81. The van der Waals surface area contributed by atoms with Gasteiger partial charge < -0.3 is 11.1 Å². The maximum Gasteiger partial charge on any atom is 0.254 e. The second-order valence-electron chi connectivity index (χ2n) is 3.84. The van der Waals surface area contributed by atoms with E-state index in [0.29, 0.717) is 14.2 Å². The van der Waals surface area contributed by atoms with Crippen LogP contribution in [0.1, 0.15) is 24.2 Å². The lowest BCUT2D eigenvalue weighted by molar-refractivity contribution is 0.0940. The second kappa shape index (κ2) is 6.00. The Morgan fingerprint density at radius 2 is 2.12 bits per heavy atom. The summed E-state index contributed by atoms with van der Waals surface area (Å²) in [6.45, 7) is 3.85. The van der Waals surface area contributed by atoms with Crippen LogP contribution in [0.2, 0.25) is 8.67 Å². The molecule has 3 N–H and O–H groups in total. The number of hydrogen-bond acceptors (Lipinski definition) is 3. The van der Waals surface area contributed by atoms with Crippen LogP contribution < -0.4 is 11.1 Å². The zero-order valence-electron chi connectivity index (χ0n) is 9.29. The van der Waals surface area contributed by atoms with Gasteiger partial charge in [0.1, 0.15) is 4.34 Å². The normalized spacial score (nSPS) is 12.5. The van der Waals surface area contributed by atoms with Gasteiger partial charge in [-0.3, -0.25) is 4.79 Å². The number of nitrogens with one attached hydrogen (secondary N) is 1. The van der Waals surface area contributed by atoms with E-state index in [1.165, 1.54) is 6.07 Å². The standard InChI is InChI=1S/C10H12Cl2N2OS2/c1-4(2)7(9(13)16)14-10(15)5-3-6(11)17-8(5)12/h3-4,7H,1-2H3,(H2,13,16)(H,14,15). The minimum Gasteiger partial charge on any atom is -0.392 e. The van der Waals surface area contributed by atoms with Crippen molar-refractivity contribution in [3.8, 4) is 0 Å². The molecule has 0 saturated carbocycles. The molecular formula is C10H12Cl2N2OS2. The Morgan fingerprint density at radius 3 is 2.47 bits per heavy atom. The predicted octanol–water partition coefficient (Wildman–Crippen LogP) is 3.10. The molecule has 1 aromatic heterocycles. The topological polar surface area (TPSA) is 55.1 Å². The van der Waals surface area contributed by atoms with Crippen molar-refractivity contribution in [1.82, 2.24) is 5.32 Å². The van der Waals surface area contributed by atoms with Crippen molar-refractivity contribution in [2.45, 2.75) is 19.9 Å². The summed E-state index contributed by atoms with van der Waals surface area (Å²) < 4.78 is 0.828. The van der Waals surface area contributed by atoms with Crippen LogP contribution in [0.5, 0.6) is 0 Å². The number of carbonyl (C=O) groups is 1. The van der Waals surface area contributed by atoms with Crippen LogP contribution in [0.15, 0.2) is 6.07 Å². The van der Waals surface area contributed by atoms with Crippen molar-refractivity contribution < 1.29 is 4.79 Å². The highest BCUT2D eigenvalue weighted by Crippen LogP contribution is 2.31. The number of carbonyl (C=O) groups excluding carboxylic acids is 1. The summed E-state index contributed by atoms with van der Waals surface area (Å²) >= 11 is 17.7. The first-order valence-electron chi connectivity index (χ1n) is 4.88. The van der Waals surface area contributed by atoms with E-state index in [9.17, 15) is 4.79 Å². The second-order valence-corrected chi connectivity index (χ2v) is 6.59. The van der Waals surface area contributed by atoms with Gasteiger partial charge >= 0.3 is 0 Å². The van der Waals surface area contributed by atoms with Crippen LogP contribution in [-0.4, -0.2) is 16.9 Å². The molecule has 0 radical (unpaired) electrons. The van der Waals surface area contributed by atoms with E-state index in [-0.39, 0.29) is 22.9 Å². The number of thiophene rings is 1. The van der Waals surface area contributed by atoms with Gasteiger partial charge in [-0.1, -0.05) is 49.3 Å². The number of thiocarbonyl (C=S) groups is 1. The van der Waals surface area contributed by atoms with Gasteiger partial charge in [0, 0.05) is 0 Å². The van der Waals surface area contributed by atoms with Gasteiger partial charge in [-0.25, -0.2) is 0 Å². The number of halogens is 2. The number of hydrogen-bond donors (Lipinski definition) is 2. The molecule has 0 aliphatic rings. The molecule has 17 heavy (non-hydrogen) atoms. The van der Waals surface area contributed by atoms with E-state index in [2.05, 4.69) is 5.32 Å². The molecule has 1 heterocycles. The van der Waals surface area contributed by atoms with Crippen LogP contribution in [-0.2, 0) is 0 Å². The van der Waals surface area contributed by atoms with Crippen LogP contribution in [0, 0.1) is 5.92 Å². The molecule has 1 unspecified atom stereocenters. The molecule has 1 amide bonds.